The number of hydrogen-bond acceptors (Lipinski definition) is 4. The molecule has 78 heavy (non-hydrogen) atoms. The van der Waals surface area contributed by atoms with Crippen LogP contribution in [0.15, 0.2) is 179 Å². The second-order valence-corrected chi connectivity index (χ2v) is 22.3. The summed E-state index contributed by atoms with van der Waals surface area (Å²) in [6.45, 7) is 26.6. The number of rotatable bonds is 8. The van der Waals surface area contributed by atoms with Crippen LogP contribution in [-0.4, -0.2) is 0 Å². The van der Waals surface area contributed by atoms with E-state index in [1.807, 2.05) is 0 Å². The zero-order valence-electron chi connectivity index (χ0n) is 46.9. The number of anilines is 6. The van der Waals surface area contributed by atoms with E-state index in [4.69, 9.17) is 8.83 Å². The predicted molar refractivity (Wildman–Crippen MR) is 333 cm³/mol. The fourth-order valence-corrected chi connectivity index (χ4v) is 12.2. The van der Waals surface area contributed by atoms with Crippen LogP contribution in [0.3, 0.4) is 0 Å². The molecule has 0 unspecified atom stereocenters. The lowest BCUT2D eigenvalue weighted by atomic mass is 9.87. The molecule has 0 fully saturated rings. The van der Waals surface area contributed by atoms with Crippen LogP contribution in [0.25, 0.3) is 87.7 Å². The van der Waals surface area contributed by atoms with Gasteiger partial charge < -0.3 is 18.6 Å². The van der Waals surface area contributed by atoms with E-state index in [0.29, 0.717) is 0 Å². The van der Waals surface area contributed by atoms with Crippen molar-refractivity contribution < 1.29 is 8.83 Å². The van der Waals surface area contributed by atoms with Crippen molar-refractivity contribution in [3.63, 3.8) is 0 Å². The van der Waals surface area contributed by atoms with Crippen LogP contribution in [0.2, 0.25) is 0 Å². The van der Waals surface area contributed by atoms with E-state index in [1.165, 1.54) is 66.8 Å². The number of hydrogen-bond donors (Lipinski definition) is 0. The summed E-state index contributed by atoms with van der Waals surface area (Å²) >= 11 is 0. The Balaban J connectivity index is 1.06. The van der Waals surface area contributed by atoms with Crippen LogP contribution in [-0.2, 0) is 0 Å². The Morgan fingerprint density at radius 2 is 0.564 bits per heavy atom. The quantitative estimate of drug-likeness (QED) is 0.152. The maximum atomic E-state index is 7.30. The van der Waals surface area contributed by atoms with Gasteiger partial charge in [0.2, 0.25) is 0 Å². The Morgan fingerprint density at radius 1 is 0.269 bits per heavy atom. The molecule has 0 aliphatic rings. The van der Waals surface area contributed by atoms with E-state index < -0.39 is 0 Å². The number of benzene rings is 11. The van der Waals surface area contributed by atoms with Gasteiger partial charge in [0.1, 0.15) is 11.2 Å². The van der Waals surface area contributed by atoms with Gasteiger partial charge in [-0.3, -0.25) is 0 Å². The zero-order valence-corrected chi connectivity index (χ0v) is 46.9. The second-order valence-electron chi connectivity index (χ2n) is 22.3. The van der Waals surface area contributed by atoms with E-state index in [1.54, 1.807) is 0 Å². The maximum Gasteiger partial charge on any atom is 0.179 e. The third-order valence-electron chi connectivity index (χ3n) is 17.5. The second kappa shape index (κ2) is 18.4. The van der Waals surface area contributed by atoms with E-state index in [-0.39, 0.29) is 0 Å². The molecule has 0 N–H and O–H groups in total. The first-order valence-corrected chi connectivity index (χ1v) is 27.4. The molecule has 0 amide bonds. The maximum absolute atomic E-state index is 7.30. The van der Waals surface area contributed by atoms with Gasteiger partial charge >= 0.3 is 0 Å². The monoisotopic (exact) mass is 1010 g/mol. The van der Waals surface area contributed by atoms with Gasteiger partial charge in [0, 0.05) is 66.8 Å². The number of fused-ring (bicyclic) bond motifs is 9. The summed E-state index contributed by atoms with van der Waals surface area (Å²) in [4.78, 5) is 4.83. The normalized spacial score (nSPS) is 11.8. The molecule has 2 heterocycles. The Hall–Kier alpha value is -8.86. The number of aryl methyl sites for hydroxylation is 8. The number of nitrogens with zero attached hydrogens (tertiary/aromatic N) is 2. The molecule has 13 rings (SSSR count). The molecule has 0 aliphatic heterocycles. The first-order chi connectivity index (χ1) is 37.6. The van der Waals surface area contributed by atoms with Gasteiger partial charge in [0.25, 0.3) is 0 Å². The van der Waals surface area contributed by atoms with Crippen LogP contribution >= 0.6 is 0 Å². The molecule has 0 saturated heterocycles. The smallest absolute Gasteiger partial charge is 0.179 e. The van der Waals surface area contributed by atoms with Crippen molar-refractivity contribution in [2.45, 2.75) is 83.1 Å². The Labute approximate surface area is 457 Å². The molecular formula is C74H64N2O2. The van der Waals surface area contributed by atoms with Crippen molar-refractivity contribution in [3.8, 4) is 22.3 Å². The van der Waals surface area contributed by atoms with Crippen molar-refractivity contribution >= 4 is 99.5 Å². The van der Waals surface area contributed by atoms with Gasteiger partial charge in [-0.2, -0.15) is 0 Å². The molecule has 382 valence electrons. The molecule has 11 aromatic carbocycles. The van der Waals surface area contributed by atoms with Crippen molar-refractivity contribution in [2.24, 2.45) is 0 Å². The molecule has 0 bridgehead atoms. The van der Waals surface area contributed by atoms with Gasteiger partial charge in [-0.05, 0) is 280 Å². The first kappa shape index (κ1) is 48.8. The zero-order chi connectivity index (χ0) is 54.0. The molecule has 0 spiro atoms. The summed E-state index contributed by atoms with van der Waals surface area (Å²) in [5, 5.41) is 8.64. The summed E-state index contributed by atoms with van der Waals surface area (Å²) in [7, 11) is 0. The lowest BCUT2D eigenvalue weighted by Gasteiger charge is -2.28. The van der Waals surface area contributed by atoms with E-state index in [0.717, 1.165) is 122 Å². The van der Waals surface area contributed by atoms with Crippen molar-refractivity contribution in [1.82, 2.24) is 0 Å². The SMILES string of the molecule is Cc1cc(N(c2cc(C)c(C)c(C)c2)c2ccc3cc4c(cc3c2)oc2c3oc5cc6cc(N(c7cc(C)c(C)c(C)c7)c7cc(C)c(C)c(C)c7)ccc6cc5c3c(-c3ccccc3)c(-c3ccccc3)c42)cc(C)c1C. The molecular weight excluding hydrogens is 949 g/mol. The Bertz CT molecular complexity index is 4130. The van der Waals surface area contributed by atoms with E-state index in [9.17, 15) is 0 Å². The Kier molecular flexibility index (Phi) is 11.5. The lowest BCUT2D eigenvalue weighted by Crippen LogP contribution is -2.12. The van der Waals surface area contributed by atoms with E-state index >= 15 is 0 Å². The van der Waals surface area contributed by atoms with Crippen molar-refractivity contribution in [1.29, 1.82) is 0 Å². The molecule has 4 nitrogen and oxygen atoms in total. The van der Waals surface area contributed by atoms with Gasteiger partial charge in [-0.1, -0.05) is 72.8 Å². The minimum atomic E-state index is 0.745. The highest BCUT2D eigenvalue weighted by Gasteiger charge is 2.28. The topological polar surface area (TPSA) is 32.8 Å². The summed E-state index contributed by atoms with van der Waals surface area (Å²) in [5.41, 5.74) is 29.8. The fraction of sp³-hybridized carbons (Fsp3) is 0.162. The molecule has 4 heteroatoms. The van der Waals surface area contributed by atoms with E-state index in [2.05, 4.69) is 263 Å². The summed E-state index contributed by atoms with van der Waals surface area (Å²) < 4.78 is 14.6. The van der Waals surface area contributed by atoms with Crippen LogP contribution in [0.1, 0.15) is 66.8 Å². The van der Waals surface area contributed by atoms with Crippen LogP contribution in [0.4, 0.5) is 34.1 Å². The summed E-state index contributed by atoms with van der Waals surface area (Å²) in [5.74, 6) is 0. The molecule has 2 aromatic heterocycles. The highest BCUT2D eigenvalue weighted by Crippen LogP contribution is 2.52. The molecule has 13 aromatic rings. The Morgan fingerprint density at radius 3 is 0.859 bits per heavy atom. The average molecular weight is 1010 g/mol. The standard InChI is InChI=1S/C74H64N2O2/c1-41-27-61(28-42(2)49(41)9)75(62-29-43(3)50(10)44(4)30-62)59-25-23-55-37-65-67(39-57(55)35-59)77-73-71(65)69(53-19-15-13-16-20-53)70(54-21-17-14-18-22-54)72-66-38-56-24-26-60(36-58(56)40-68(66)78-74(72)73)76(63-31-45(5)51(11)46(6)32-63)64-33-47(7)52(12)48(8)34-64/h13-40H,1-12H3. The third kappa shape index (κ3) is 7.87. The first-order valence-electron chi connectivity index (χ1n) is 27.4. The largest absolute Gasteiger partial charge is 0.452 e. The minimum absolute atomic E-state index is 0.745. The van der Waals surface area contributed by atoms with Gasteiger partial charge in [-0.25, -0.2) is 0 Å². The highest BCUT2D eigenvalue weighted by molar-refractivity contribution is 6.31. The summed E-state index contributed by atoms with van der Waals surface area (Å²) in [6, 6.07) is 63.2. The fourth-order valence-electron chi connectivity index (χ4n) is 12.2. The molecule has 0 aliphatic carbocycles. The summed E-state index contributed by atoms with van der Waals surface area (Å²) in [6.07, 6.45) is 0. The van der Waals surface area contributed by atoms with Crippen LogP contribution in [0, 0.1) is 83.1 Å². The van der Waals surface area contributed by atoms with Gasteiger partial charge in [-0.15, -0.1) is 0 Å². The molecule has 0 atom stereocenters. The molecule has 0 radical (unpaired) electrons. The average Bonchev–Trinajstić information content (AvgIpc) is 4.06. The predicted octanol–water partition coefficient (Wildman–Crippen LogP) is 21.8. The number of furan rings is 2. The van der Waals surface area contributed by atoms with Gasteiger partial charge in [0.05, 0.1) is 0 Å². The minimum Gasteiger partial charge on any atom is -0.452 e. The third-order valence-corrected chi connectivity index (χ3v) is 17.5. The van der Waals surface area contributed by atoms with Crippen molar-refractivity contribution in [2.75, 3.05) is 9.80 Å². The van der Waals surface area contributed by atoms with Gasteiger partial charge in [0.15, 0.2) is 11.2 Å². The highest BCUT2D eigenvalue weighted by atomic mass is 16.4. The van der Waals surface area contributed by atoms with Crippen molar-refractivity contribution in [3.05, 3.63) is 237 Å². The van der Waals surface area contributed by atoms with Crippen LogP contribution < -0.4 is 9.80 Å². The molecule has 0 saturated carbocycles. The van der Waals surface area contributed by atoms with Crippen LogP contribution in [0.5, 0.6) is 0 Å². The lowest BCUT2D eigenvalue weighted by molar-refractivity contribution is 0.634.